The van der Waals surface area contributed by atoms with Crippen molar-refractivity contribution in [2.24, 2.45) is 5.92 Å². The molecule has 4 rings (SSSR count). The zero-order valence-electron chi connectivity index (χ0n) is 16.7. The second-order valence-electron chi connectivity index (χ2n) is 7.45. The van der Waals surface area contributed by atoms with E-state index in [-0.39, 0.29) is 11.8 Å². The van der Waals surface area contributed by atoms with Gasteiger partial charge < -0.3 is 9.84 Å². The van der Waals surface area contributed by atoms with E-state index in [4.69, 9.17) is 4.52 Å². The third kappa shape index (κ3) is 4.71. The van der Waals surface area contributed by atoms with Crippen LogP contribution in [-0.4, -0.2) is 34.0 Å². The summed E-state index contributed by atoms with van der Waals surface area (Å²) >= 11 is 0. The van der Waals surface area contributed by atoms with Gasteiger partial charge in [0, 0.05) is 17.8 Å². The van der Waals surface area contributed by atoms with Crippen LogP contribution in [0.4, 0.5) is 5.69 Å². The second-order valence-corrected chi connectivity index (χ2v) is 7.45. The topological polar surface area (TPSA) is 71.3 Å². The number of carbonyl (C=O) groups is 1. The number of likely N-dealkylation sites (tertiary alicyclic amines) is 1. The molecule has 1 fully saturated rings. The number of nitrogens with zero attached hydrogens (tertiary/aromatic N) is 3. The van der Waals surface area contributed by atoms with Crippen LogP contribution in [0.5, 0.6) is 0 Å². The molecule has 0 aliphatic carbocycles. The molecule has 1 saturated heterocycles. The third-order valence-electron chi connectivity index (χ3n) is 5.39. The number of nitrogens with one attached hydrogen (secondary N) is 1. The van der Waals surface area contributed by atoms with Crippen LogP contribution in [0, 0.1) is 5.92 Å². The summed E-state index contributed by atoms with van der Waals surface area (Å²) in [6, 6.07) is 17.8. The number of carbonyl (C=O) groups excluding carboxylic acids is 1. The van der Waals surface area contributed by atoms with Crippen molar-refractivity contribution in [3.05, 3.63) is 66.1 Å². The molecule has 6 nitrogen and oxygen atoms in total. The van der Waals surface area contributed by atoms with Crippen LogP contribution in [0.1, 0.15) is 31.2 Å². The van der Waals surface area contributed by atoms with Crippen LogP contribution in [0.25, 0.3) is 11.4 Å². The van der Waals surface area contributed by atoms with Gasteiger partial charge in [-0.15, -0.1) is 0 Å². The van der Waals surface area contributed by atoms with Gasteiger partial charge >= 0.3 is 0 Å². The second kappa shape index (κ2) is 9.01. The fraction of sp³-hybridized carbons (Fsp3) is 0.348. The maximum Gasteiger partial charge on any atom is 0.241 e. The molecule has 1 amide bonds. The largest absolute Gasteiger partial charge is 0.338 e. The highest BCUT2D eigenvalue weighted by Crippen LogP contribution is 2.23. The Kier molecular flexibility index (Phi) is 6.00. The summed E-state index contributed by atoms with van der Waals surface area (Å²) in [6.07, 6.45) is 2.77. The van der Waals surface area contributed by atoms with Crippen LogP contribution >= 0.6 is 0 Å². The summed E-state index contributed by atoms with van der Waals surface area (Å²) < 4.78 is 5.44. The summed E-state index contributed by atoms with van der Waals surface area (Å²) in [7, 11) is 0. The fourth-order valence-electron chi connectivity index (χ4n) is 3.81. The van der Waals surface area contributed by atoms with Gasteiger partial charge in [0.1, 0.15) is 0 Å². The molecule has 0 saturated carbocycles. The average Bonchev–Trinajstić information content (AvgIpc) is 3.23. The number of rotatable bonds is 6. The first kappa shape index (κ1) is 19.3. The van der Waals surface area contributed by atoms with Gasteiger partial charge in [-0.05, 0) is 37.4 Å². The number of aromatic nitrogens is 2. The molecule has 1 aromatic heterocycles. The van der Waals surface area contributed by atoms with Crippen molar-refractivity contribution in [3.63, 3.8) is 0 Å². The first-order valence-electron chi connectivity index (χ1n) is 10.2. The zero-order chi connectivity index (χ0) is 20.1. The van der Waals surface area contributed by atoms with Crippen molar-refractivity contribution in [1.29, 1.82) is 0 Å². The van der Waals surface area contributed by atoms with E-state index in [1.165, 1.54) is 0 Å². The van der Waals surface area contributed by atoms with Crippen molar-refractivity contribution in [2.75, 3.05) is 18.4 Å². The zero-order valence-corrected chi connectivity index (χ0v) is 16.7. The minimum Gasteiger partial charge on any atom is -0.338 e. The van der Waals surface area contributed by atoms with Gasteiger partial charge in [-0.25, -0.2) is 0 Å². The van der Waals surface area contributed by atoms with Gasteiger partial charge in [0.05, 0.1) is 12.5 Å². The van der Waals surface area contributed by atoms with Crippen molar-refractivity contribution < 1.29 is 9.32 Å². The number of aryl methyl sites for hydroxylation is 1. The van der Waals surface area contributed by atoms with E-state index in [1.807, 2.05) is 48.5 Å². The summed E-state index contributed by atoms with van der Waals surface area (Å²) in [6.45, 7) is 4.29. The van der Waals surface area contributed by atoms with Crippen molar-refractivity contribution in [1.82, 2.24) is 15.0 Å². The molecule has 29 heavy (non-hydrogen) atoms. The molecule has 2 heterocycles. The first-order valence-corrected chi connectivity index (χ1v) is 10.2. The standard InChI is InChI=1S/C23H26N4O2/c1-2-17-9-6-7-13-20(17)24-23(28)19-12-8-14-27(15-19)16-21-25-22(26-29-21)18-10-4-3-5-11-18/h3-7,9-11,13,19H,2,8,12,14-16H2,1H3,(H,24,28). The molecule has 0 bridgehead atoms. The molecule has 150 valence electrons. The number of hydrogen-bond donors (Lipinski definition) is 1. The van der Waals surface area contributed by atoms with E-state index >= 15 is 0 Å². The predicted molar refractivity (Wildman–Crippen MR) is 112 cm³/mol. The number of hydrogen-bond acceptors (Lipinski definition) is 5. The van der Waals surface area contributed by atoms with Crippen LogP contribution in [0.3, 0.4) is 0 Å². The Morgan fingerprint density at radius 3 is 2.79 bits per heavy atom. The maximum atomic E-state index is 12.8. The molecule has 1 aliphatic rings. The molecule has 1 N–H and O–H groups in total. The Labute approximate surface area is 170 Å². The number of anilines is 1. The van der Waals surface area contributed by atoms with E-state index in [2.05, 4.69) is 33.3 Å². The highest BCUT2D eigenvalue weighted by Gasteiger charge is 2.27. The van der Waals surface area contributed by atoms with Gasteiger partial charge in [-0.1, -0.05) is 60.6 Å². The lowest BCUT2D eigenvalue weighted by Gasteiger charge is -2.31. The van der Waals surface area contributed by atoms with Crippen molar-refractivity contribution in [2.45, 2.75) is 32.7 Å². The summed E-state index contributed by atoms with van der Waals surface area (Å²) in [5.41, 5.74) is 3.02. The Bertz CT molecular complexity index is 954. The smallest absolute Gasteiger partial charge is 0.241 e. The Balaban J connectivity index is 1.37. The number of piperidine rings is 1. The summed E-state index contributed by atoms with van der Waals surface area (Å²) in [5, 5.41) is 7.21. The molecule has 0 radical (unpaired) electrons. The van der Waals surface area contributed by atoms with Gasteiger partial charge in [-0.3, -0.25) is 9.69 Å². The molecule has 6 heteroatoms. The summed E-state index contributed by atoms with van der Waals surface area (Å²) in [5.74, 6) is 1.24. The van der Waals surface area contributed by atoms with E-state index in [9.17, 15) is 4.79 Å². The van der Waals surface area contributed by atoms with E-state index in [1.54, 1.807) is 0 Å². The Morgan fingerprint density at radius 1 is 1.17 bits per heavy atom. The average molecular weight is 390 g/mol. The minimum atomic E-state index is -0.0369. The highest BCUT2D eigenvalue weighted by molar-refractivity contribution is 5.93. The molecule has 1 unspecified atom stereocenters. The number of benzene rings is 2. The van der Waals surface area contributed by atoms with Crippen molar-refractivity contribution >= 4 is 11.6 Å². The summed E-state index contributed by atoms with van der Waals surface area (Å²) in [4.78, 5) is 19.6. The lowest BCUT2D eigenvalue weighted by Crippen LogP contribution is -2.40. The molecule has 0 spiro atoms. The van der Waals surface area contributed by atoms with Gasteiger partial charge in [0.15, 0.2) is 0 Å². The Hall–Kier alpha value is -2.99. The third-order valence-corrected chi connectivity index (χ3v) is 5.39. The quantitative estimate of drug-likeness (QED) is 0.685. The normalized spacial score (nSPS) is 17.2. The fourth-order valence-corrected chi connectivity index (χ4v) is 3.81. The van der Waals surface area contributed by atoms with Gasteiger partial charge in [-0.2, -0.15) is 4.98 Å². The van der Waals surface area contributed by atoms with Crippen LogP contribution < -0.4 is 5.32 Å². The monoisotopic (exact) mass is 390 g/mol. The maximum absolute atomic E-state index is 12.8. The SMILES string of the molecule is CCc1ccccc1NC(=O)C1CCCN(Cc2nc(-c3ccccc3)no2)C1. The van der Waals surface area contributed by atoms with E-state index in [0.29, 0.717) is 24.8 Å². The number of para-hydroxylation sites is 1. The van der Waals surface area contributed by atoms with Crippen LogP contribution in [0.2, 0.25) is 0 Å². The van der Waals surface area contributed by atoms with Crippen molar-refractivity contribution in [3.8, 4) is 11.4 Å². The predicted octanol–water partition coefficient (Wildman–Crippen LogP) is 4.15. The van der Waals surface area contributed by atoms with Gasteiger partial charge in [0.25, 0.3) is 0 Å². The molecule has 2 aromatic carbocycles. The lowest BCUT2D eigenvalue weighted by molar-refractivity contribution is -0.121. The van der Waals surface area contributed by atoms with Crippen LogP contribution in [0.15, 0.2) is 59.1 Å². The molecule has 3 aromatic rings. The van der Waals surface area contributed by atoms with Crippen LogP contribution in [-0.2, 0) is 17.8 Å². The molecule has 1 aliphatic heterocycles. The Morgan fingerprint density at radius 2 is 1.97 bits per heavy atom. The molecular weight excluding hydrogens is 364 g/mol. The lowest BCUT2D eigenvalue weighted by atomic mass is 9.96. The minimum absolute atomic E-state index is 0.0369. The first-order chi connectivity index (χ1) is 14.2. The molecular formula is C23H26N4O2. The highest BCUT2D eigenvalue weighted by atomic mass is 16.5. The number of amides is 1. The molecule has 1 atom stereocenters. The van der Waals surface area contributed by atoms with E-state index in [0.717, 1.165) is 42.6 Å². The van der Waals surface area contributed by atoms with E-state index < -0.39 is 0 Å². The van der Waals surface area contributed by atoms with Gasteiger partial charge in [0.2, 0.25) is 17.6 Å².